The van der Waals surface area contributed by atoms with Gasteiger partial charge in [-0.05, 0) is 24.8 Å². The fourth-order valence-electron chi connectivity index (χ4n) is 2.13. The number of rotatable bonds is 2. The van der Waals surface area contributed by atoms with E-state index >= 15 is 0 Å². The van der Waals surface area contributed by atoms with E-state index in [1.54, 1.807) is 0 Å². The smallest absolute Gasteiger partial charge is 0.203 e. The second-order valence-corrected chi connectivity index (χ2v) is 4.79. The van der Waals surface area contributed by atoms with Gasteiger partial charge in [0, 0.05) is 19.8 Å². The third-order valence-corrected chi connectivity index (χ3v) is 3.18. The number of H-pyrrole nitrogens is 1. The first-order valence-electron chi connectivity index (χ1n) is 5.45. The Balaban J connectivity index is 2.34. The predicted molar refractivity (Wildman–Crippen MR) is 65.0 cm³/mol. The molecule has 1 fully saturated rings. The molecular weight excluding hydrogens is 206 g/mol. The maximum absolute atomic E-state index is 5.18. The highest BCUT2D eigenvalue weighted by Gasteiger charge is 2.18. The van der Waals surface area contributed by atoms with Crippen LogP contribution in [-0.4, -0.2) is 24.1 Å². The molecule has 82 valence electrons. The van der Waals surface area contributed by atoms with Gasteiger partial charge in [0.05, 0.1) is 0 Å². The zero-order chi connectivity index (χ0) is 10.8. The number of aromatic nitrogens is 2. The second kappa shape index (κ2) is 4.31. The molecule has 3 nitrogen and oxygen atoms in total. The highest BCUT2D eigenvalue weighted by molar-refractivity contribution is 7.71. The molecule has 0 aromatic carbocycles. The largest absolute Gasteiger partial charge is 0.349 e. The fourth-order valence-corrected chi connectivity index (χ4v) is 2.34. The van der Waals surface area contributed by atoms with E-state index in [1.807, 2.05) is 25.1 Å². The van der Waals surface area contributed by atoms with Crippen molar-refractivity contribution < 1.29 is 0 Å². The summed E-state index contributed by atoms with van der Waals surface area (Å²) in [6.07, 6.45) is 5.24. The molecule has 15 heavy (non-hydrogen) atoms. The van der Waals surface area contributed by atoms with Gasteiger partial charge in [0.25, 0.3) is 0 Å². The Labute approximate surface area is 95.5 Å². The van der Waals surface area contributed by atoms with Gasteiger partial charge < -0.3 is 9.88 Å². The zero-order valence-electron chi connectivity index (χ0n) is 9.29. The maximum Gasteiger partial charge on any atom is 0.203 e. The van der Waals surface area contributed by atoms with Crippen molar-refractivity contribution in [3.63, 3.8) is 0 Å². The lowest BCUT2D eigenvalue weighted by Crippen LogP contribution is -2.14. The van der Waals surface area contributed by atoms with Gasteiger partial charge in [0.1, 0.15) is 4.64 Å². The predicted octanol–water partition coefficient (Wildman–Crippen LogP) is 2.86. The van der Waals surface area contributed by atoms with Gasteiger partial charge in [0.15, 0.2) is 0 Å². The van der Waals surface area contributed by atoms with E-state index in [2.05, 4.69) is 9.97 Å². The van der Waals surface area contributed by atoms with Crippen LogP contribution in [0.3, 0.4) is 0 Å². The molecule has 1 N–H and O–H groups in total. The molecule has 1 heterocycles. The van der Waals surface area contributed by atoms with Crippen LogP contribution in [0.1, 0.15) is 37.3 Å². The normalized spacial score (nSPS) is 16.9. The van der Waals surface area contributed by atoms with Gasteiger partial charge in [-0.3, -0.25) is 0 Å². The Bertz CT molecular complexity index is 391. The van der Waals surface area contributed by atoms with Crippen molar-refractivity contribution >= 4 is 18.2 Å². The summed E-state index contributed by atoms with van der Waals surface area (Å²) >= 11 is 5.18. The third-order valence-electron chi connectivity index (χ3n) is 2.97. The lowest BCUT2D eigenvalue weighted by molar-refractivity contribution is 0.691. The monoisotopic (exact) mass is 223 g/mol. The molecular formula is C11H17N3S. The van der Waals surface area contributed by atoms with E-state index in [0.29, 0.717) is 10.6 Å². The Morgan fingerprint density at radius 3 is 2.67 bits per heavy atom. The SMILES string of the molecule is CN(C)c1nc(=S)cc(C2CCCC2)[nH]1. The van der Waals surface area contributed by atoms with Gasteiger partial charge in [-0.1, -0.05) is 25.1 Å². The highest BCUT2D eigenvalue weighted by atomic mass is 32.1. The highest BCUT2D eigenvalue weighted by Crippen LogP contribution is 2.33. The van der Waals surface area contributed by atoms with E-state index in [4.69, 9.17) is 12.2 Å². The lowest BCUT2D eigenvalue weighted by atomic mass is 10.0. The van der Waals surface area contributed by atoms with Gasteiger partial charge >= 0.3 is 0 Å². The third kappa shape index (κ3) is 2.37. The van der Waals surface area contributed by atoms with Crippen molar-refractivity contribution in [3.8, 4) is 0 Å². The van der Waals surface area contributed by atoms with Crippen molar-refractivity contribution in [3.05, 3.63) is 16.4 Å². The molecule has 0 saturated heterocycles. The van der Waals surface area contributed by atoms with Crippen LogP contribution >= 0.6 is 12.2 Å². The van der Waals surface area contributed by atoms with E-state index in [-0.39, 0.29) is 0 Å². The number of nitrogens with one attached hydrogen (secondary N) is 1. The molecule has 4 heteroatoms. The summed E-state index contributed by atoms with van der Waals surface area (Å²) in [7, 11) is 3.96. The van der Waals surface area contributed by atoms with E-state index in [1.165, 1.54) is 31.4 Å². The Kier molecular flexibility index (Phi) is 3.05. The van der Waals surface area contributed by atoms with Gasteiger partial charge in [-0.15, -0.1) is 0 Å². The van der Waals surface area contributed by atoms with Crippen LogP contribution in [0.2, 0.25) is 0 Å². The topological polar surface area (TPSA) is 31.9 Å². The fraction of sp³-hybridized carbons (Fsp3) is 0.636. The minimum absolute atomic E-state index is 0.661. The summed E-state index contributed by atoms with van der Waals surface area (Å²) in [6, 6.07) is 2.01. The molecule has 0 amide bonds. The van der Waals surface area contributed by atoms with Crippen LogP contribution in [0.25, 0.3) is 0 Å². The maximum atomic E-state index is 5.18. The van der Waals surface area contributed by atoms with Crippen LogP contribution in [0.4, 0.5) is 5.95 Å². The molecule has 0 bridgehead atoms. The molecule has 1 saturated carbocycles. The molecule has 0 unspecified atom stereocenters. The molecule has 0 spiro atoms. The molecule has 1 aliphatic rings. The summed E-state index contributed by atoms with van der Waals surface area (Å²) < 4.78 is 0.694. The molecule has 1 aromatic rings. The van der Waals surface area contributed by atoms with Crippen molar-refractivity contribution in [2.24, 2.45) is 0 Å². The van der Waals surface area contributed by atoms with Crippen LogP contribution in [0.15, 0.2) is 6.07 Å². The number of nitrogens with zero attached hydrogens (tertiary/aromatic N) is 2. The quantitative estimate of drug-likeness (QED) is 0.782. The number of hydrogen-bond acceptors (Lipinski definition) is 3. The summed E-state index contributed by atoms with van der Waals surface area (Å²) in [5, 5.41) is 0. The minimum atomic E-state index is 0.661. The van der Waals surface area contributed by atoms with Crippen molar-refractivity contribution in [1.29, 1.82) is 0 Å². The van der Waals surface area contributed by atoms with Gasteiger partial charge in [0.2, 0.25) is 5.95 Å². The molecule has 0 aliphatic heterocycles. The Hall–Kier alpha value is -0.900. The average Bonchev–Trinajstić information content (AvgIpc) is 2.69. The number of aromatic amines is 1. The van der Waals surface area contributed by atoms with Gasteiger partial charge in [-0.25, -0.2) is 4.98 Å². The van der Waals surface area contributed by atoms with Crippen LogP contribution in [-0.2, 0) is 0 Å². The van der Waals surface area contributed by atoms with Crippen molar-refractivity contribution in [2.75, 3.05) is 19.0 Å². The van der Waals surface area contributed by atoms with Crippen LogP contribution in [0.5, 0.6) is 0 Å². The Morgan fingerprint density at radius 2 is 2.07 bits per heavy atom. The average molecular weight is 223 g/mol. The summed E-state index contributed by atoms with van der Waals surface area (Å²) in [4.78, 5) is 9.63. The summed E-state index contributed by atoms with van der Waals surface area (Å²) in [5.41, 5.74) is 1.26. The van der Waals surface area contributed by atoms with E-state index in [0.717, 1.165) is 5.95 Å². The molecule has 0 atom stereocenters. The van der Waals surface area contributed by atoms with E-state index in [9.17, 15) is 0 Å². The molecule has 0 radical (unpaired) electrons. The standard InChI is InChI=1S/C11H17N3S/c1-14(2)11-12-9(7-10(15)13-11)8-5-3-4-6-8/h7-8H,3-6H2,1-2H3,(H,12,13,15). The first kappa shape index (κ1) is 10.6. The number of anilines is 1. The second-order valence-electron chi connectivity index (χ2n) is 4.37. The van der Waals surface area contributed by atoms with Gasteiger partial charge in [-0.2, -0.15) is 0 Å². The van der Waals surface area contributed by atoms with Crippen molar-refractivity contribution in [2.45, 2.75) is 31.6 Å². The summed E-state index contributed by atoms with van der Waals surface area (Å²) in [5.74, 6) is 1.53. The first-order valence-corrected chi connectivity index (χ1v) is 5.86. The van der Waals surface area contributed by atoms with Crippen LogP contribution < -0.4 is 4.90 Å². The Morgan fingerprint density at radius 1 is 1.40 bits per heavy atom. The zero-order valence-corrected chi connectivity index (χ0v) is 10.1. The molecule has 2 rings (SSSR count). The summed E-state index contributed by atoms with van der Waals surface area (Å²) in [6.45, 7) is 0. The van der Waals surface area contributed by atoms with E-state index < -0.39 is 0 Å². The van der Waals surface area contributed by atoms with Crippen molar-refractivity contribution in [1.82, 2.24) is 9.97 Å². The first-order chi connectivity index (χ1) is 7.16. The molecule has 1 aromatic heterocycles. The lowest BCUT2D eigenvalue weighted by Gasteiger charge is -2.15. The van der Waals surface area contributed by atoms with Crippen LogP contribution in [0, 0.1) is 4.64 Å². The minimum Gasteiger partial charge on any atom is -0.349 e. The molecule has 1 aliphatic carbocycles. The number of hydrogen-bond donors (Lipinski definition) is 1.